The first-order chi connectivity index (χ1) is 11.2. The highest BCUT2D eigenvalue weighted by Crippen LogP contribution is 2.28. The number of hydrogen-bond acceptors (Lipinski definition) is 6. The van der Waals surface area contributed by atoms with Crippen LogP contribution in [0.4, 0.5) is 0 Å². The number of fused-ring (bicyclic) bond motifs is 1. The summed E-state index contributed by atoms with van der Waals surface area (Å²) in [6, 6.07) is 7.08. The van der Waals surface area contributed by atoms with E-state index in [1.807, 2.05) is 24.3 Å². The first-order valence-electron chi connectivity index (χ1n) is 7.39. The zero-order valence-electron chi connectivity index (χ0n) is 12.6. The molecule has 0 radical (unpaired) electrons. The Hall–Kier alpha value is -2.67. The molecule has 4 rings (SSSR count). The lowest BCUT2D eigenvalue weighted by Gasteiger charge is -2.33. The molecule has 0 unspecified atom stereocenters. The molecule has 1 aliphatic rings. The summed E-state index contributed by atoms with van der Waals surface area (Å²) in [5.74, 6) is 0.731. The molecule has 2 aromatic heterocycles. The number of aromatic nitrogens is 2. The van der Waals surface area contributed by atoms with Gasteiger partial charge in [0, 0.05) is 18.9 Å². The summed E-state index contributed by atoms with van der Waals surface area (Å²) in [4.78, 5) is 14.7. The molecule has 1 saturated heterocycles. The van der Waals surface area contributed by atoms with Crippen LogP contribution in [0.3, 0.4) is 0 Å². The molecule has 0 bridgehead atoms. The van der Waals surface area contributed by atoms with Gasteiger partial charge in [0.1, 0.15) is 17.9 Å². The van der Waals surface area contributed by atoms with E-state index >= 15 is 0 Å². The lowest BCUT2D eigenvalue weighted by Crippen LogP contribution is -2.43. The molecule has 7 heteroatoms. The van der Waals surface area contributed by atoms with Crippen molar-refractivity contribution >= 4 is 16.9 Å². The molecule has 3 aromatic rings. The summed E-state index contributed by atoms with van der Waals surface area (Å²) < 4.78 is 16.5. The molecule has 0 aliphatic carbocycles. The number of carbonyl (C=O) groups excluding carboxylic acids is 1. The van der Waals surface area contributed by atoms with Crippen molar-refractivity contribution < 1.29 is 18.4 Å². The molecule has 7 nitrogen and oxygen atoms in total. The monoisotopic (exact) mass is 313 g/mol. The summed E-state index contributed by atoms with van der Waals surface area (Å²) in [5.41, 5.74) is 1.22. The van der Waals surface area contributed by atoms with Crippen LogP contribution >= 0.6 is 0 Å². The molecule has 1 aliphatic heterocycles. The number of amides is 1. The fourth-order valence-corrected chi connectivity index (χ4v) is 2.80. The van der Waals surface area contributed by atoms with E-state index in [4.69, 9.17) is 13.6 Å². The molecule has 0 spiro atoms. The van der Waals surface area contributed by atoms with Crippen LogP contribution in [-0.2, 0) is 4.74 Å². The van der Waals surface area contributed by atoms with Crippen LogP contribution in [0.1, 0.15) is 28.2 Å². The lowest BCUT2D eigenvalue weighted by molar-refractivity contribution is -0.0106. The van der Waals surface area contributed by atoms with E-state index in [0.717, 1.165) is 5.39 Å². The molecule has 3 heterocycles. The molecule has 0 saturated carbocycles. The molecule has 118 valence electrons. The Morgan fingerprint density at radius 2 is 2.17 bits per heavy atom. The highest BCUT2D eigenvalue weighted by Gasteiger charge is 2.34. The zero-order valence-corrected chi connectivity index (χ0v) is 12.6. The minimum atomic E-state index is -0.383. The van der Waals surface area contributed by atoms with Crippen LogP contribution < -0.4 is 0 Å². The SMILES string of the molecule is Cc1nnc([C@H]2COCCN2C(=O)c2coc3ccccc23)o1. The number of para-hydroxylation sites is 1. The third-order valence-electron chi connectivity index (χ3n) is 3.93. The van der Waals surface area contributed by atoms with Crippen molar-refractivity contribution in [1.29, 1.82) is 0 Å². The number of furan rings is 1. The predicted molar refractivity (Wildman–Crippen MR) is 79.8 cm³/mol. The van der Waals surface area contributed by atoms with Crippen LogP contribution in [0, 0.1) is 6.92 Å². The topological polar surface area (TPSA) is 81.6 Å². The van der Waals surface area contributed by atoms with Gasteiger partial charge >= 0.3 is 0 Å². The molecule has 1 fully saturated rings. The molecular weight excluding hydrogens is 298 g/mol. The van der Waals surface area contributed by atoms with Gasteiger partial charge in [0.15, 0.2) is 0 Å². The highest BCUT2D eigenvalue weighted by atomic mass is 16.5. The Kier molecular flexibility index (Phi) is 3.34. The Labute approximate surface area is 131 Å². The highest BCUT2D eigenvalue weighted by molar-refractivity contribution is 6.06. The number of nitrogens with zero attached hydrogens (tertiary/aromatic N) is 3. The van der Waals surface area contributed by atoms with Crippen LogP contribution in [0.5, 0.6) is 0 Å². The van der Waals surface area contributed by atoms with E-state index in [0.29, 0.717) is 42.7 Å². The van der Waals surface area contributed by atoms with Gasteiger partial charge in [-0.2, -0.15) is 0 Å². The maximum atomic E-state index is 13.0. The van der Waals surface area contributed by atoms with E-state index in [-0.39, 0.29) is 11.9 Å². The summed E-state index contributed by atoms with van der Waals surface area (Å²) in [5, 5.41) is 8.67. The van der Waals surface area contributed by atoms with Crippen molar-refractivity contribution in [2.45, 2.75) is 13.0 Å². The van der Waals surface area contributed by atoms with E-state index in [1.54, 1.807) is 11.8 Å². The Morgan fingerprint density at radius 3 is 3.00 bits per heavy atom. The maximum Gasteiger partial charge on any atom is 0.258 e. The van der Waals surface area contributed by atoms with E-state index in [2.05, 4.69) is 10.2 Å². The minimum Gasteiger partial charge on any atom is -0.463 e. The second kappa shape index (κ2) is 5.51. The second-order valence-corrected chi connectivity index (χ2v) is 5.39. The number of hydrogen-bond donors (Lipinski definition) is 0. The summed E-state index contributed by atoms with van der Waals surface area (Å²) in [6.45, 7) is 2.99. The zero-order chi connectivity index (χ0) is 15.8. The third kappa shape index (κ3) is 2.39. The number of carbonyl (C=O) groups is 1. The van der Waals surface area contributed by atoms with Gasteiger partial charge in [-0.05, 0) is 6.07 Å². The number of benzene rings is 1. The first-order valence-corrected chi connectivity index (χ1v) is 7.39. The van der Waals surface area contributed by atoms with Crippen molar-refractivity contribution in [3.8, 4) is 0 Å². The fraction of sp³-hybridized carbons (Fsp3) is 0.312. The Balaban J connectivity index is 1.70. The van der Waals surface area contributed by atoms with Crippen molar-refractivity contribution in [3.05, 3.63) is 47.9 Å². The third-order valence-corrected chi connectivity index (χ3v) is 3.93. The summed E-state index contributed by atoms with van der Waals surface area (Å²) in [7, 11) is 0. The second-order valence-electron chi connectivity index (χ2n) is 5.39. The van der Waals surface area contributed by atoms with Gasteiger partial charge in [0.25, 0.3) is 5.91 Å². The molecule has 1 atom stereocenters. The molecule has 1 aromatic carbocycles. The molecular formula is C16H15N3O4. The van der Waals surface area contributed by atoms with Crippen molar-refractivity contribution in [2.75, 3.05) is 19.8 Å². The van der Waals surface area contributed by atoms with Gasteiger partial charge in [-0.3, -0.25) is 4.79 Å². The van der Waals surface area contributed by atoms with Crippen molar-refractivity contribution in [2.24, 2.45) is 0 Å². The Morgan fingerprint density at radius 1 is 1.30 bits per heavy atom. The minimum absolute atomic E-state index is 0.126. The van der Waals surface area contributed by atoms with Gasteiger partial charge in [0.05, 0.1) is 18.8 Å². The van der Waals surface area contributed by atoms with Gasteiger partial charge < -0.3 is 18.5 Å². The number of ether oxygens (including phenoxy) is 1. The average molecular weight is 313 g/mol. The Bertz CT molecular complexity index is 854. The lowest BCUT2D eigenvalue weighted by atomic mass is 10.1. The molecule has 1 amide bonds. The summed E-state index contributed by atoms with van der Waals surface area (Å²) in [6.07, 6.45) is 1.50. The van der Waals surface area contributed by atoms with E-state index in [1.165, 1.54) is 6.26 Å². The van der Waals surface area contributed by atoms with E-state index in [9.17, 15) is 4.79 Å². The van der Waals surface area contributed by atoms with Crippen LogP contribution in [0.2, 0.25) is 0 Å². The first kappa shape index (κ1) is 14.0. The fourth-order valence-electron chi connectivity index (χ4n) is 2.80. The number of rotatable bonds is 2. The average Bonchev–Trinajstić information content (AvgIpc) is 3.20. The van der Waals surface area contributed by atoms with Crippen molar-refractivity contribution in [1.82, 2.24) is 15.1 Å². The normalized spacial score (nSPS) is 18.5. The largest absolute Gasteiger partial charge is 0.463 e. The standard InChI is InChI=1S/C16H15N3O4/c1-10-17-18-15(23-10)13-9-21-7-6-19(13)16(20)12-8-22-14-5-3-2-4-11(12)14/h2-5,8,13H,6-7,9H2,1H3/t13-/m1/s1. The molecule has 0 N–H and O–H groups in total. The van der Waals surface area contributed by atoms with E-state index < -0.39 is 0 Å². The van der Waals surface area contributed by atoms with Gasteiger partial charge in [0.2, 0.25) is 11.8 Å². The quantitative estimate of drug-likeness (QED) is 0.722. The van der Waals surface area contributed by atoms with Gasteiger partial charge in [-0.1, -0.05) is 18.2 Å². The number of morpholine rings is 1. The number of aryl methyl sites for hydroxylation is 1. The van der Waals surface area contributed by atoms with Gasteiger partial charge in [-0.15, -0.1) is 10.2 Å². The molecule has 23 heavy (non-hydrogen) atoms. The van der Waals surface area contributed by atoms with Crippen LogP contribution in [-0.4, -0.2) is 40.8 Å². The van der Waals surface area contributed by atoms with Crippen LogP contribution in [0.25, 0.3) is 11.0 Å². The maximum absolute atomic E-state index is 13.0. The van der Waals surface area contributed by atoms with Gasteiger partial charge in [-0.25, -0.2) is 0 Å². The van der Waals surface area contributed by atoms with Crippen LogP contribution in [0.15, 0.2) is 39.4 Å². The smallest absolute Gasteiger partial charge is 0.258 e. The van der Waals surface area contributed by atoms with Crippen molar-refractivity contribution in [3.63, 3.8) is 0 Å². The predicted octanol–water partition coefficient (Wildman–Crippen LogP) is 2.34. The summed E-state index contributed by atoms with van der Waals surface area (Å²) >= 11 is 0.